The molecule has 1 saturated heterocycles. The van der Waals surface area contributed by atoms with Crippen LogP contribution in [0.2, 0.25) is 0 Å². The summed E-state index contributed by atoms with van der Waals surface area (Å²) in [7, 11) is 0. The van der Waals surface area contributed by atoms with Crippen LogP contribution in [0.3, 0.4) is 0 Å². The van der Waals surface area contributed by atoms with Crippen LogP contribution in [0.4, 0.5) is 0 Å². The molecule has 1 saturated carbocycles. The van der Waals surface area contributed by atoms with Crippen molar-refractivity contribution in [2.45, 2.75) is 58.0 Å². The van der Waals surface area contributed by atoms with Gasteiger partial charge in [0.2, 0.25) is 11.8 Å². The minimum atomic E-state index is 0.0767. The van der Waals surface area contributed by atoms with E-state index in [9.17, 15) is 9.59 Å². The summed E-state index contributed by atoms with van der Waals surface area (Å²) in [4.78, 5) is 34.5. The highest BCUT2D eigenvalue weighted by atomic mass is 16.2. The molecule has 158 valence electrons. The Kier molecular flexibility index (Phi) is 6.46. The monoisotopic (exact) mass is 405 g/mol. The largest absolute Gasteiger partial charge is 0.340 e. The van der Waals surface area contributed by atoms with Crippen molar-refractivity contribution in [1.82, 2.24) is 14.8 Å². The molecule has 2 heterocycles. The van der Waals surface area contributed by atoms with Crippen LogP contribution in [0.1, 0.15) is 48.8 Å². The molecular weight excluding hydrogens is 374 g/mol. The Morgan fingerprint density at radius 1 is 1.10 bits per heavy atom. The molecule has 1 unspecified atom stereocenters. The molecule has 1 aromatic heterocycles. The van der Waals surface area contributed by atoms with E-state index in [1.54, 1.807) is 6.20 Å². The third-order valence-electron chi connectivity index (χ3n) is 6.61. The average molecular weight is 406 g/mol. The number of carbonyl (C=O) groups is 2. The average Bonchev–Trinajstić information content (AvgIpc) is 2.73. The molecular formula is C25H31N3O2. The molecule has 2 aromatic rings. The number of benzene rings is 1. The van der Waals surface area contributed by atoms with E-state index in [1.807, 2.05) is 46.3 Å². The van der Waals surface area contributed by atoms with Gasteiger partial charge in [0.25, 0.3) is 0 Å². The lowest BCUT2D eigenvalue weighted by Crippen LogP contribution is -2.53. The van der Waals surface area contributed by atoms with Crippen molar-refractivity contribution >= 4 is 11.8 Å². The number of likely N-dealkylation sites (tertiary alicyclic amines) is 1. The molecule has 0 bridgehead atoms. The molecule has 2 fully saturated rings. The van der Waals surface area contributed by atoms with Crippen LogP contribution in [0.25, 0.3) is 0 Å². The van der Waals surface area contributed by atoms with E-state index in [-0.39, 0.29) is 23.8 Å². The molecule has 2 amide bonds. The SMILES string of the molecule is Cc1ccccc1CC(=O)N1CCCC(N(Cc2cccnc2)C(=O)C2CCC2)C1. The van der Waals surface area contributed by atoms with Crippen LogP contribution in [0, 0.1) is 12.8 Å². The van der Waals surface area contributed by atoms with Gasteiger partial charge in [0.05, 0.1) is 6.42 Å². The Labute approximate surface area is 179 Å². The molecule has 1 aliphatic heterocycles. The van der Waals surface area contributed by atoms with Crippen LogP contribution in [-0.2, 0) is 22.6 Å². The zero-order valence-electron chi connectivity index (χ0n) is 17.8. The first kappa shape index (κ1) is 20.6. The number of hydrogen-bond donors (Lipinski definition) is 0. The number of amides is 2. The number of nitrogens with zero attached hydrogens (tertiary/aromatic N) is 3. The highest BCUT2D eigenvalue weighted by Crippen LogP contribution is 2.31. The van der Waals surface area contributed by atoms with Crippen molar-refractivity contribution in [3.63, 3.8) is 0 Å². The third-order valence-corrected chi connectivity index (χ3v) is 6.61. The van der Waals surface area contributed by atoms with Gasteiger partial charge < -0.3 is 9.80 Å². The fourth-order valence-corrected chi connectivity index (χ4v) is 4.48. The Balaban J connectivity index is 1.47. The number of pyridine rings is 1. The summed E-state index contributed by atoms with van der Waals surface area (Å²) < 4.78 is 0. The van der Waals surface area contributed by atoms with Crippen molar-refractivity contribution in [1.29, 1.82) is 0 Å². The molecule has 0 N–H and O–H groups in total. The molecule has 1 aliphatic carbocycles. The Morgan fingerprint density at radius 2 is 1.93 bits per heavy atom. The Morgan fingerprint density at radius 3 is 2.63 bits per heavy atom. The van der Waals surface area contributed by atoms with Crippen molar-refractivity contribution in [2.24, 2.45) is 5.92 Å². The second-order valence-corrected chi connectivity index (χ2v) is 8.69. The van der Waals surface area contributed by atoms with E-state index in [0.717, 1.165) is 55.3 Å². The summed E-state index contributed by atoms with van der Waals surface area (Å²) in [6.45, 7) is 4.03. The first-order valence-corrected chi connectivity index (χ1v) is 11.1. The number of carbonyl (C=O) groups excluding carboxylic acids is 2. The summed E-state index contributed by atoms with van der Waals surface area (Å²) in [6, 6.07) is 12.1. The van der Waals surface area contributed by atoms with E-state index in [0.29, 0.717) is 19.5 Å². The molecule has 5 heteroatoms. The molecule has 1 atom stereocenters. The number of aromatic nitrogens is 1. The third kappa shape index (κ3) is 4.72. The fourth-order valence-electron chi connectivity index (χ4n) is 4.48. The summed E-state index contributed by atoms with van der Waals surface area (Å²) in [5, 5.41) is 0. The van der Waals surface area contributed by atoms with Crippen molar-refractivity contribution in [2.75, 3.05) is 13.1 Å². The lowest BCUT2D eigenvalue weighted by molar-refractivity contribution is -0.145. The van der Waals surface area contributed by atoms with Gasteiger partial charge in [-0.2, -0.15) is 0 Å². The fraction of sp³-hybridized carbons (Fsp3) is 0.480. The van der Waals surface area contributed by atoms with E-state index in [4.69, 9.17) is 0 Å². The number of rotatable bonds is 6. The van der Waals surface area contributed by atoms with Crippen LogP contribution in [0.5, 0.6) is 0 Å². The zero-order valence-corrected chi connectivity index (χ0v) is 17.8. The first-order chi connectivity index (χ1) is 14.6. The summed E-state index contributed by atoms with van der Waals surface area (Å²) >= 11 is 0. The Hall–Kier alpha value is -2.69. The molecule has 4 rings (SSSR count). The Bertz CT molecular complexity index is 879. The summed E-state index contributed by atoms with van der Waals surface area (Å²) in [5.74, 6) is 0.564. The molecule has 2 aliphatic rings. The van der Waals surface area contributed by atoms with Gasteiger partial charge in [0.15, 0.2) is 0 Å². The normalized spacial score (nSPS) is 19.2. The van der Waals surface area contributed by atoms with E-state index in [2.05, 4.69) is 18.0 Å². The number of hydrogen-bond acceptors (Lipinski definition) is 3. The maximum atomic E-state index is 13.2. The standard InChI is InChI=1S/C25H31N3O2/c1-19-7-2-3-9-22(19)15-24(29)27-14-6-12-23(18-27)28(25(30)21-10-4-11-21)17-20-8-5-13-26-16-20/h2-3,5,7-9,13,16,21,23H,4,6,10-12,14-15,17-18H2,1H3. The quantitative estimate of drug-likeness (QED) is 0.735. The van der Waals surface area contributed by atoms with Gasteiger partial charge in [-0.25, -0.2) is 0 Å². The van der Waals surface area contributed by atoms with E-state index >= 15 is 0 Å². The maximum Gasteiger partial charge on any atom is 0.227 e. The van der Waals surface area contributed by atoms with Gasteiger partial charge >= 0.3 is 0 Å². The molecule has 5 nitrogen and oxygen atoms in total. The molecule has 1 aromatic carbocycles. The van der Waals surface area contributed by atoms with E-state index in [1.165, 1.54) is 0 Å². The lowest BCUT2D eigenvalue weighted by Gasteiger charge is -2.42. The first-order valence-electron chi connectivity index (χ1n) is 11.1. The van der Waals surface area contributed by atoms with Crippen LogP contribution in [0.15, 0.2) is 48.8 Å². The molecule has 0 spiro atoms. The second kappa shape index (κ2) is 9.41. The second-order valence-electron chi connectivity index (χ2n) is 8.69. The van der Waals surface area contributed by atoms with E-state index < -0.39 is 0 Å². The summed E-state index contributed by atoms with van der Waals surface area (Å²) in [6.07, 6.45) is 9.04. The number of aryl methyl sites for hydroxylation is 1. The van der Waals surface area contributed by atoms with Gasteiger partial charge in [-0.15, -0.1) is 0 Å². The number of piperidine rings is 1. The maximum absolute atomic E-state index is 13.2. The van der Waals surface area contributed by atoms with Gasteiger partial charge in [-0.05, 0) is 55.4 Å². The van der Waals surface area contributed by atoms with Crippen LogP contribution >= 0.6 is 0 Å². The lowest BCUT2D eigenvalue weighted by atomic mass is 9.83. The van der Waals surface area contributed by atoms with Crippen LogP contribution in [-0.4, -0.2) is 45.7 Å². The smallest absolute Gasteiger partial charge is 0.227 e. The topological polar surface area (TPSA) is 53.5 Å². The van der Waals surface area contributed by atoms with Crippen molar-refractivity contribution in [3.8, 4) is 0 Å². The highest BCUT2D eigenvalue weighted by Gasteiger charge is 2.35. The van der Waals surface area contributed by atoms with Crippen molar-refractivity contribution in [3.05, 3.63) is 65.5 Å². The summed E-state index contributed by atoms with van der Waals surface area (Å²) in [5.41, 5.74) is 3.29. The van der Waals surface area contributed by atoms with Crippen molar-refractivity contribution < 1.29 is 9.59 Å². The highest BCUT2D eigenvalue weighted by molar-refractivity contribution is 5.81. The molecule has 30 heavy (non-hydrogen) atoms. The van der Waals surface area contributed by atoms with Crippen LogP contribution < -0.4 is 0 Å². The minimum Gasteiger partial charge on any atom is -0.340 e. The predicted octanol–water partition coefficient (Wildman–Crippen LogP) is 3.75. The van der Waals surface area contributed by atoms with Gasteiger partial charge in [0, 0.05) is 44.0 Å². The minimum absolute atomic E-state index is 0.0767. The molecule has 0 radical (unpaired) electrons. The van der Waals surface area contributed by atoms with Gasteiger partial charge in [-0.3, -0.25) is 14.6 Å². The van der Waals surface area contributed by atoms with Gasteiger partial charge in [0.1, 0.15) is 0 Å². The zero-order chi connectivity index (χ0) is 20.9. The predicted molar refractivity (Wildman–Crippen MR) is 117 cm³/mol. The van der Waals surface area contributed by atoms with Gasteiger partial charge in [-0.1, -0.05) is 36.8 Å².